The summed E-state index contributed by atoms with van der Waals surface area (Å²) in [4.78, 5) is 4.55. The molecule has 1 N–H and O–H groups in total. The molecule has 1 fully saturated rings. The van der Waals surface area contributed by atoms with Gasteiger partial charge in [-0.25, -0.2) is 4.98 Å². The van der Waals surface area contributed by atoms with Gasteiger partial charge < -0.3 is 19.1 Å². The molecule has 124 valence electrons. The molecule has 0 saturated heterocycles. The number of nitrogens with zero attached hydrogens (tertiary/aromatic N) is 2. The lowest BCUT2D eigenvalue weighted by atomic mass is 9.86. The van der Waals surface area contributed by atoms with E-state index in [0.717, 1.165) is 48.6 Å². The number of methoxy groups -OCH3 is 2. The molecule has 23 heavy (non-hydrogen) atoms. The van der Waals surface area contributed by atoms with E-state index in [1.807, 2.05) is 30.6 Å². The van der Waals surface area contributed by atoms with Gasteiger partial charge in [0.1, 0.15) is 17.3 Å². The SMILES string of the molecule is COc1cc(OC)cc(-c2nccn2[C@@H]2CCC[C@H](CO)C2)c1. The summed E-state index contributed by atoms with van der Waals surface area (Å²) in [5.74, 6) is 2.83. The molecule has 5 heteroatoms. The van der Waals surface area contributed by atoms with E-state index in [1.54, 1.807) is 14.2 Å². The Morgan fingerprint density at radius 3 is 2.57 bits per heavy atom. The predicted octanol–water partition coefficient (Wildman–Crippen LogP) is 3.29. The Balaban J connectivity index is 1.94. The van der Waals surface area contributed by atoms with Crippen LogP contribution in [-0.2, 0) is 0 Å². The van der Waals surface area contributed by atoms with Gasteiger partial charge in [-0.1, -0.05) is 6.42 Å². The first-order chi connectivity index (χ1) is 11.2. The van der Waals surface area contributed by atoms with Gasteiger partial charge in [0.25, 0.3) is 0 Å². The van der Waals surface area contributed by atoms with Crippen LogP contribution in [-0.4, -0.2) is 35.5 Å². The van der Waals surface area contributed by atoms with E-state index in [0.29, 0.717) is 12.0 Å². The lowest BCUT2D eigenvalue weighted by Gasteiger charge is -2.30. The van der Waals surface area contributed by atoms with Crippen LogP contribution in [0.25, 0.3) is 11.4 Å². The normalized spacial score (nSPS) is 21.2. The van der Waals surface area contributed by atoms with Gasteiger partial charge in [-0.3, -0.25) is 0 Å². The largest absolute Gasteiger partial charge is 0.497 e. The van der Waals surface area contributed by atoms with Crippen LogP contribution in [0.15, 0.2) is 30.6 Å². The summed E-state index contributed by atoms with van der Waals surface area (Å²) in [7, 11) is 3.30. The molecule has 0 spiro atoms. The minimum absolute atomic E-state index is 0.271. The molecule has 0 bridgehead atoms. The van der Waals surface area contributed by atoms with Crippen LogP contribution in [0.3, 0.4) is 0 Å². The van der Waals surface area contributed by atoms with Crippen molar-refractivity contribution in [3.63, 3.8) is 0 Å². The maximum Gasteiger partial charge on any atom is 0.140 e. The topological polar surface area (TPSA) is 56.5 Å². The van der Waals surface area contributed by atoms with Crippen molar-refractivity contribution in [2.45, 2.75) is 31.7 Å². The summed E-state index contributed by atoms with van der Waals surface area (Å²) in [5.41, 5.74) is 0.984. The predicted molar refractivity (Wildman–Crippen MR) is 88.8 cm³/mol. The highest BCUT2D eigenvalue weighted by Gasteiger charge is 2.24. The number of aliphatic hydroxyl groups excluding tert-OH is 1. The van der Waals surface area contributed by atoms with E-state index < -0.39 is 0 Å². The van der Waals surface area contributed by atoms with Crippen LogP contribution < -0.4 is 9.47 Å². The number of ether oxygens (including phenoxy) is 2. The lowest BCUT2D eigenvalue weighted by Crippen LogP contribution is -2.21. The Labute approximate surface area is 136 Å². The Hall–Kier alpha value is -2.01. The fourth-order valence-corrected chi connectivity index (χ4v) is 3.45. The molecular weight excluding hydrogens is 292 g/mol. The third-order valence-corrected chi connectivity index (χ3v) is 4.69. The fourth-order valence-electron chi connectivity index (χ4n) is 3.45. The van der Waals surface area contributed by atoms with Gasteiger partial charge >= 0.3 is 0 Å². The molecule has 0 radical (unpaired) electrons. The minimum Gasteiger partial charge on any atom is -0.497 e. The molecule has 1 aliphatic rings. The molecule has 1 saturated carbocycles. The number of hydrogen-bond acceptors (Lipinski definition) is 4. The Morgan fingerprint density at radius 1 is 1.17 bits per heavy atom. The summed E-state index contributed by atoms with van der Waals surface area (Å²) in [6.45, 7) is 0.271. The smallest absolute Gasteiger partial charge is 0.140 e. The molecule has 2 atom stereocenters. The summed E-state index contributed by atoms with van der Waals surface area (Å²) >= 11 is 0. The van der Waals surface area contributed by atoms with Crippen molar-refractivity contribution in [3.05, 3.63) is 30.6 Å². The Kier molecular flexibility index (Phi) is 4.86. The number of aromatic nitrogens is 2. The summed E-state index contributed by atoms with van der Waals surface area (Å²) in [6, 6.07) is 6.20. The van der Waals surface area contributed by atoms with Crippen molar-refractivity contribution in [1.29, 1.82) is 0 Å². The first-order valence-electron chi connectivity index (χ1n) is 8.12. The third kappa shape index (κ3) is 3.34. The van der Waals surface area contributed by atoms with Crippen molar-refractivity contribution in [3.8, 4) is 22.9 Å². The van der Waals surface area contributed by atoms with Gasteiger partial charge in [0.15, 0.2) is 0 Å². The number of benzene rings is 1. The van der Waals surface area contributed by atoms with Crippen LogP contribution in [0.2, 0.25) is 0 Å². The zero-order valence-electron chi connectivity index (χ0n) is 13.7. The highest BCUT2D eigenvalue weighted by Crippen LogP contribution is 2.36. The quantitative estimate of drug-likeness (QED) is 0.919. The van der Waals surface area contributed by atoms with Gasteiger partial charge in [-0.2, -0.15) is 0 Å². The molecule has 1 aliphatic carbocycles. The molecular formula is C18H24N2O3. The minimum atomic E-state index is 0.271. The summed E-state index contributed by atoms with van der Waals surface area (Å²) < 4.78 is 13.0. The van der Waals surface area contributed by atoms with Crippen LogP contribution in [0.4, 0.5) is 0 Å². The maximum absolute atomic E-state index is 9.47. The molecule has 2 aromatic rings. The summed E-state index contributed by atoms with van der Waals surface area (Å²) in [6.07, 6.45) is 8.26. The van der Waals surface area contributed by atoms with E-state index in [4.69, 9.17) is 9.47 Å². The molecule has 0 amide bonds. The molecule has 3 rings (SSSR count). The van der Waals surface area contributed by atoms with E-state index in [2.05, 4.69) is 9.55 Å². The van der Waals surface area contributed by atoms with E-state index in [9.17, 15) is 5.11 Å². The van der Waals surface area contributed by atoms with E-state index in [-0.39, 0.29) is 6.61 Å². The molecule has 0 unspecified atom stereocenters. The maximum atomic E-state index is 9.47. The molecule has 5 nitrogen and oxygen atoms in total. The van der Waals surface area contributed by atoms with Gasteiger partial charge in [0.05, 0.1) is 14.2 Å². The van der Waals surface area contributed by atoms with Gasteiger partial charge in [0.2, 0.25) is 0 Å². The first kappa shape index (κ1) is 15.9. The second-order valence-electron chi connectivity index (χ2n) is 6.13. The average Bonchev–Trinajstić information content (AvgIpc) is 3.11. The lowest BCUT2D eigenvalue weighted by molar-refractivity contribution is 0.163. The summed E-state index contributed by atoms with van der Waals surface area (Å²) in [5, 5.41) is 9.47. The average molecular weight is 316 g/mol. The molecule has 1 aromatic heterocycles. The van der Waals surface area contributed by atoms with Crippen molar-refractivity contribution < 1.29 is 14.6 Å². The van der Waals surface area contributed by atoms with Crippen molar-refractivity contribution in [2.24, 2.45) is 5.92 Å². The van der Waals surface area contributed by atoms with Crippen molar-refractivity contribution >= 4 is 0 Å². The Morgan fingerprint density at radius 2 is 1.91 bits per heavy atom. The standard InChI is InChI=1S/C18H24N2O3/c1-22-16-9-14(10-17(11-16)23-2)18-19-6-7-20(18)15-5-3-4-13(8-15)12-21/h6-7,9-11,13,15,21H,3-5,8,12H2,1-2H3/t13-,15+/m0/s1. The zero-order valence-corrected chi connectivity index (χ0v) is 13.7. The van der Waals surface area contributed by atoms with Crippen LogP contribution in [0.1, 0.15) is 31.7 Å². The number of rotatable bonds is 5. The van der Waals surface area contributed by atoms with Gasteiger partial charge in [-0.15, -0.1) is 0 Å². The van der Waals surface area contributed by atoms with Crippen LogP contribution in [0.5, 0.6) is 11.5 Å². The van der Waals surface area contributed by atoms with Crippen LogP contribution >= 0.6 is 0 Å². The third-order valence-electron chi connectivity index (χ3n) is 4.69. The number of hydrogen-bond donors (Lipinski definition) is 1. The molecule has 1 aromatic carbocycles. The number of aliphatic hydroxyl groups is 1. The van der Waals surface area contributed by atoms with Crippen LogP contribution in [0, 0.1) is 5.92 Å². The highest BCUT2D eigenvalue weighted by atomic mass is 16.5. The van der Waals surface area contributed by atoms with Crippen molar-refractivity contribution in [1.82, 2.24) is 9.55 Å². The Bertz CT molecular complexity index is 631. The van der Waals surface area contributed by atoms with E-state index >= 15 is 0 Å². The second-order valence-corrected chi connectivity index (χ2v) is 6.13. The second kappa shape index (κ2) is 7.04. The highest BCUT2D eigenvalue weighted by molar-refractivity contribution is 5.61. The van der Waals surface area contributed by atoms with E-state index in [1.165, 1.54) is 0 Å². The zero-order chi connectivity index (χ0) is 16.2. The van der Waals surface area contributed by atoms with Crippen molar-refractivity contribution in [2.75, 3.05) is 20.8 Å². The molecule has 0 aliphatic heterocycles. The van der Waals surface area contributed by atoms with Gasteiger partial charge in [-0.05, 0) is 37.3 Å². The number of imidazole rings is 1. The fraction of sp³-hybridized carbons (Fsp3) is 0.500. The van der Waals surface area contributed by atoms with Gasteiger partial charge in [0, 0.05) is 36.7 Å². The molecule has 1 heterocycles. The first-order valence-corrected chi connectivity index (χ1v) is 8.12. The monoisotopic (exact) mass is 316 g/mol.